The van der Waals surface area contributed by atoms with Gasteiger partial charge in [-0.15, -0.1) is 0 Å². The summed E-state index contributed by atoms with van der Waals surface area (Å²) in [4.78, 5) is 37.5. The normalized spacial score (nSPS) is 17.4. The summed E-state index contributed by atoms with van der Waals surface area (Å²) in [6.07, 6.45) is -3.61. The van der Waals surface area contributed by atoms with Crippen molar-refractivity contribution in [2.45, 2.75) is 31.7 Å². The van der Waals surface area contributed by atoms with Crippen molar-refractivity contribution in [3.05, 3.63) is 35.7 Å². The molecule has 3 amide bonds. The predicted octanol–water partition coefficient (Wildman–Crippen LogP) is 1.44. The molecular formula is C22H25F3N6O5. The Morgan fingerprint density at radius 1 is 1.33 bits per heavy atom. The summed E-state index contributed by atoms with van der Waals surface area (Å²) in [6, 6.07) is 3.51. The SMILES string of the molecule is Cc1cc(C(=O)NCC(F)(F)F)nc2c1N1CCC(C1)N2C(=O)Nc1cc(OC[C@H](O)CO)ccn1. The highest BCUT2D eigenvalue weighted by atomic mass is 19.4. The quantitative estimate of drug-likeness (QED) is 0.439. The van der Waals surface area contributed by atoms with E-state index >= 15 is 0 Å². The van der Waals surface area contributed by atoms with Crippen molar-refractivity contribution in [3.63, 3.8) is 0 Å². The number of carbonyl (C=O) groups is 2. The highest BCUT2D eigenvalue weighted by Gasteiger charge is 2.41. The van der Waals surface area contributed by atoms with Crippen LogP contribution in [0.1, 0.15) is 22.5 Å². The van der Waals surface area contributed by atoms with Gasteiger partial charge >= 0.3 is 12.2 Å². The summed E-state index contributed by atoms with van der Waals surface area (Å²) in [5.41, 5.74) is 1.01. The number of aliphatic hydroxyl groups is 2. The zero-order valence-corrected chi connectivity index (χ0v) is 19.2. The van der Waals surface area contributed by atoms with E-state index in [4.69, 9.17) is 9.84 Å². The average molecular weight is 510 g/mol. The number of nitrogens with zero attached hydrogens (tertiary/aromatic N) is 4. The number of amides is 3. The van der Waals surface area contributed by atoms with Crippen LogP contribution in [0, 0.1) is 6.92 Å². The zero-order chi connectivity index (χ0) is 26.0. The molecule has 2 aromatic heterocycles. The van der Waals surface area contributed by atoms with Crippen LogP contribution in [0.5, 0.6) is 5.75 Å². The number of aromatic nitrogens is 2. The first-order valence-electron chi connectivity index (χ1n) is 11.1. The molecule has 4 heterocycles. The number of alkyl halides is 3. The second-order valence-electron chi connectivity index (χ2n) is 8.51. The lowest BCUT2D eigenvalue weighted by atomic mass is 10.1. The van der Waals surface area contributed by atoms with E-state index in [9.17, 15) is 27.9 Å². The molecule has 2 atom stereocenters. The first-order valence-corrected chi connectivity index (χ1v) is 11.1. The summed E-state index contributed by atoms with van der Waals surface area (Å²) in [5, 5.41) is 22.8. The average Bonchev–Trinajstić information content (AvgIpc) is 3.23. The Bertz CT molecular complexity index is 1150. The number of urea groups is 1. The van der Waals surface area contributed by atoms with Crippen molar-refractivity contribution in [1.82, 2.24) is 15.3 Å². The number of hydrogen-bond donors (Lipinski definition) is 4. The number of anilines is 3. The number of aliphatic hydroxyl groups excluding tert-OH is 2. The Hall–Kier alpha value is -3.65. The predicted molar refractivity (Wildman–Crippen MR) is 122 cm³/mol. The van der Waals surface area contributed by atoms with Gasteiger partial charge in [-0.3, -0.25) is 15.0 Å². The molecule has 11 nitrogen and oxygen atoms in total. The van der Waals surface area contributed by atoms with Crippen molar-refractivity contribution in [2.75, 3.05) is 48.0 Å². The largest absolute Gasteiger partial charge is 0.491 e. The Labute approximate surface area is 203 Å². The molecule has 2 bridgehead atoms. The molecule has 0 spiro atoms. The van der Waals surface area contributed by atoms with Gasteiger partial charge in [-0.25, -0.2) is 14.8 Å². The van der Waals surface area contributed by atoms with E-state index in [1.54, 1.807) is 6.92 Å². The van der Waals surface area contributed by atoms with Crippen molar-refractivity contribution < 1.29 is 37.7 Å². The van der Waals surface area contributed by atoms with E-state index in [-0.39, 0.29) is 30.0 Å². The molecule has 4 rings (SSSR count). The minimum atomic E-state index is -4.57. The third-order valence-corrected chi connectivity index (χ3v) is 5.76. The van der Waals surface area contributed by atoms with E-state index in [1.807, 2.05) is 10.2 Å². The van der Waals surface area contributed by atoms with Crippen molar-refractivity contribution in [2.24, 2.45) is 0 Å². The lowest BCUT2D eigenvalue weighted by Gasteiger charge is -2.36. The number of hydrogen-bond acceptors (Lipinski definition) is 8. The standard InChI is InChI=1S/C22H25F3N6O5/c1-12-6-16(20(34)27-11-22(23,24)25)28-19-18(12)30-5-3-13(8-30)31(19)21(35)29-17-7-15(2-4-26-17)36-10-14(33)9-32/h2,4,6-7,13-14,32-33H,3,5,8-11H2,1H3,(H,27,34)(H,26,29,35)/t13?,14-/m1/s1. The van der Waals surface area contributed by atoms with Crippen molar-refractivity contribution >= 4 is 29.3 Å². The zero-order valence-electron chi connectivity index (χ0n) is 19.2. The summed E-state index contributed by atoms with van der Waals surface area (Å²) < 4.78 is 43.1. The number of halogens is 3. The van der Waals surface area contributed by atoms with Gasteiger partial charge in [0.2, 0.25) is 0 Å². The number of ether oxygens (including phenoxy) is 1. The number of carbonyl (C=O) groups excluding carboxylic acids is 2. The Balaban J connectivity index is 1.58. The first-order chi connectivity index (χ1) is 17.1. The smallest absolute Gasteiger partial charge is 0.405 e. The van der Waals surface area contributed by atoms with Crippen LogP contribution in [0.25, 0.3) is 0 Å². The molecule has 36 heavy (non-hydrogen) atoms. The fourth-order valence-electron chi connectivity index (χ4n) is 4.17. The van der Waals surface area contributed by atoms with Crippen LogP contribution in [-0.2, 0) is 0 Å². The summed E-state index contributed by atoms with van der Waals surface area (Å²) >= 11 is 0. The minimum Gasteiger partial charge on any atom is -0.491 e. The Morgan fingerprint density at radius 2 is 2.11 bits per heavy atom. The molecule has 2 aromatic rings. The minimum absolute atomic E-state index is 0.147. The molecule has 2 aliphatic rings. The van der Waals surface area contributed by atoms with Crippen LogP contribution < -0.4 is 25.2 Å². The van der Waals surface area contributed by atoms with E-state index in [0.29, 0.717) is 36.5 Å². The van der Waals surface area contributed by atoms with Crippen LogP contribution in [0.3, 0.4) is 0 Å². The molecule has 2 aliphatic heterocycles. The molecule has 1 fully saturated rings. The van der Waals surface area contributed by atoms with E-state index < -0.39 is 37.4 Å². The number of pyridine rings is 2. The highest BCUT2D eigenvalue weighted by molar-refractivity contribution is 6.05. The fourth-order valence-corrected chi connectivity index (χ4v) is 4.17. The number of nitrogens with one attached hydrogen (secondary N) is 2. The maximum absolute atomic E-state index is 13.3. The summed E-state index contributed by atoms with van der Waals surface area (Å²) in [6.45, 7) is 0.773. The van der Waals surface area contributed by atoms with Gasteiger partial charge in [0.25, 0.3) is 5.91 Å². The third kappa shape index (κ3) is 5.60. The molecule has 14 heteroatoms. The second-order valence-corrected chi connectivity index (χ2v) is 8.51. The van der Waals surface area contributed by atoms with Gasteiger partial charge in [0.15, 0.2) is 5.82 Å². The van der Waals surface area contributed by atoms with Gasteiger partial charge in [0, 0.05) is 25.4 Å². The Morgan fingerprint density at radius 3 is 2.83 bits per heavy atom. The third-order valence-electron chi connectivity index (χ3n) is 5.76. The van der Waals surface area contributed by atoms with Crippen LogP contribution in [0.15, 0.2) is 24.4 Å². The topological polar surface area (TPSA) is 140 Å². The molecule has 0 aromatic carbocycles. The van der Waals surface area contributed by atoms with Gasteiger partial charge in [-0.1, -0.05) is 0 Å². The van der Waals surface area contributed by atoms with E-state index in [0.717, 1.165) is 0 Å². The van der Waals surface area contributed by atoms with Crippen molar-refractivity contribution in [3.8, 4) is 5.75 Å². The van der Waals surface area contributed by atoms with Crippen LogP contribution in [0.4, 0.5) is 35.3 Å². The first kappa shape index (κ1) is 25.4. The molecule has 194 valence electrons. The number of aryl methyl sites for hydroxylation is 1. The van der Waals surface area contributed by atoms with Gasteiger partial charge in [0.1, 0.15) is 36.5 Å². The lowest BCUT2D eigenvalue weighted by molar-refractivity contribution is -0.123. The monoisotopic (exact) mass is 510 g/mol. The van der Waals surface area contributed by atoms with Crippen molar-refractivity contribution in [1.29, 1.82) is 0 Å². The van der Waals surface area contributed by atoms with Gasteiger partial charge in [-0.2, -0.15) is 13.2 Å². The molecule has 1 saturated heterocycles. The maximum atomic E-state index is 13.3. The second kappa shape index (κ2) is 10.1. The van der Waals surface area contributed by atoms with Gasteiger partial charge in [0.05, 0.1) is 18.3 Å². The number of fused-ring (bicyclic) bond motifs is 4. The summed E-state index contributed by atoms with van der Waals surface area (Å²) in [5.74, 6) is -0.370. The molecule has 0 saturated carbocycles. The Kier molecular flexibility index (Phi) is 7.17. The van der Waals surface area contributed by atoms with E-state index in [1.165, 1.54) is 29.3 Å². The molecule has 0 aliphatic carbocycles. The molecule has 4 N–H and O–H groups in total. The van der Waals surface area contributed by atoms with Gasteiger partial charge in [-0.05, 0) is 31.0 Å². The van der Waals surface area contributed by atoms with Crippen LogP contribution >= 0.6 is 0 Å². The maximum Gasteiger partial charge on any atom is 0.405 e. The lowest BCUT2D eigenvalue weighted by Crippen LogP contribution is -2.49. The fraction of sp³-hybridized carbons (Fsp3) is 0.455. The highest BCUT2D eigenvalue weighted by Crippen LogP contribution is 2.41. The molecule has 1 unspecified atom stereocenters. The number of rotatable bonds is 7. The van der Waals surface area contributed by atoms with Gasteiger partial charge < -0.3 is 25.2 Å². The van der Waals surface area contributed by atoms with E-state index in [2.05, 4.69) is 15.3 Å². The molecule has 0 radical (unpaired) electrons. The molecular weight excluding hydrogens is 485 g/mol. The van der Waals surface area contributed by atoms with Crippen LogP contribution in [-0.4, -0.2) is 83.3 Å². The summed E-state index contributed by atoms with van der Waals surface area (Å²) in [7, 11) is 0. The van der Waals surface area contributed by atoms with Crippen LogP contribution in [0.2, 0.25) is 0 Å².